The Morgan fingerprint density at radius 2 is 1.81 bits per heavy atom. The van der Waals surface area contributed by atoms with Crippen LogP contribution in [-0.2, 0) is 19.8 Å². The predicted molar refractivity (Wildman–Crippen MR) is 123 cm³/mol. The summed E-state index contributed by atoms with van der Waals surface area (Å²) in [6.45, 7) is 0.376. The fourth-order valence-electron chi connectivity index (χ4n) is 4.18. The lowest BCUT2D eigenvalue weighted by Crippen LogP contribution is -2.05. The Kier molecular flexibility index (Phi) is 4.99. The van der Waals surface area contributed by atoms with Crippen LogP contribution in [0.15, 0.2) is 49.2 Å². The molecule has 9 nitrogen and oxygen atoms in total. The molecule has 1 aliphatic rings. The third-order valence-electron chi connectivity index (χ3n) is 6.13. The molecule has 0 unspecified atom stereocenters. The largest absolute Gasteiger partial charge is 0.493 e. The lowest BCUT2D eigenvalue weighted by Gasteiger charge is -2.09. The topological polar surface area (TPSA) is 107 Å². The molecule has 36 heavy (non-hydrogen) atoms. The summed E-state index contributed by atoms with van der Waals surface area (Å²) in [5.74, 6) is 0.667. The zero-order chi connectivity index (χ0) is 25.0. The van der Waals surface area contributed by atoms with E-state index in [-0.39, 0.29) is 17.6 Å². The Morgan fingerprint density at radius 1 is 1.03 bits per heavy atom. The van der Waals surface area contributed by atoms with Gasteiger partial charge in [-0.2, -0.15) is 18.3 Å². The molecule has 1 aliphatic carbocycles. The molecule has 1 aromatic carbocycles. The van der Waals surface area contributed by atoms with Gasteiger partial charge in [0, 0.05) is 30.9 Å². The Labute approximate surface area is 202 Å². The van der Waals surface area contributed by atoms with E-state index in [1.165, 1.54) is 17.9 Å². The van der Waals surface area contributed by atoms with E-state index in [4.69, 9.17) is 0 Å². The number of aromatic nitrogens is 8. The van der Waals surface area contributed by atoms with Gasteiger partial charge in [0.05, 0.1) is 23.8 Å². The van der Waals surface area contributed by atoms with Crippen LogP contribution in [-0.4, -0.2) is 44.4 Å². The van der Waals surface area contributed by atoms with Crippen LogP contribution in [0.25, 0.3) is 33.8 Å². The maximum atomic E-state index is 13.0. The summed E-state index contributed by atoms with van der Waals surface area (Å²) >= 11 is 0. The minimum absolute atomic E-state index is 0.157. The van der Waals surface area contributed by atoms with E-state index in [0.717, 1.165) is 35.7 Å². The van der Waals surface area contributed by atoms with Crippen molar-refractivity contribution in [3.8, 4) is 28.7 Å². The van der Waals surface area contributed by atoms with Crippen molar-refractivity contribution in [2.45, 2.75) is 31.5 Å². The summed E-state index contributed by atoms with van der Waals surface area (Å²) in [6.07, 6.45) is 3.11. The summed E-state index contributed by atoms with van der Waals surface area (Å²) in [5, 5.41) is 15.6. The van der Waals surface area contributed by atoms with Gasteiger partial charge < -0.3 is 9.67 Å². The van der Waals surface area contributed by atoms with Crippen molar-refractivity contribution in [1.29, 1.82) is 0 Å². The van der Waals surface area contributed by atoms with Crippen LogP contribution in [0.3, 0.4) is 0 Å². The number of aromatic hydroxyl groups is 1. The lowest BCUT2D eigenvalue weighted by atomic mass is 10.1. The van der Waals surface area contributed by atoms with E-state index in [1.807, 2.05) is 12.1 Å². The number of hydrogen-bond acceptors (Lipinski definition) is 7. The number of hydrogen-bond donors (Lipinski definition) is 1. The van der Waals surface area contributed by atoms with Crippen molar-refractivity contribution in [3.63, 3.8) is 0 Å². The number of imidazole rings is 1. The van der Waals surface area contributed by atoms with E-state index in [9.17, 15) is 18.3 Å². The molecule has 0 spiro atoms. The molecule has 4 aromatic heterocycles. The molecule has 12 heteroatoms. The molecule has 1 saturated carbocycles. The minimum atomic E-state index is -4.50. The van der Waals surface area contributed by atoms with Gasteiger partial charge in [-0.1, -0.05) is 24.3 Å². The summed E-state index contributed by atoms with van der Waals surface area (Å²) in [7, 11) is 1.53. The first kappa shape index (κ1) is 22.1. The quantitative estimate of drug-likeness (QED) is 0.389. The standard InChI is InChI=1S/C24H19F3N8O/c1-34-11-17(24(25,26)27)32-21(34)15-4-2-13(3-5-15)10-35-22-16(9-31-35)8-28-20(33-22)18-19(14-6-7-14)29-12-30-23(18)36/h2-5,8-9,11-12,14H,6-7,10H2,1H3,(H,29,30,36). The minimum Gasteiger partial charge on any atom is -0.493 e. The second-order valence-electron chi connectivity index (χ2n) is 8.76. The number of nitrogens with zero attached hydrogens (tertiary/aromatic N) is 8. The first-order chi connectivity index (χ1) is 17.3. The van der Waals surface area contributed by atoms with Crippen molar-refractivity contribution < 1.29 is 18.3 Å². The average Bonchev–Trinajstić information content (AvgIpc) is 3.51. The van der Waals surface area contributed by atoms with Crippen LogP contribution in [0.5, 0.6) is 5.88 Å². The highest BCUT2D eigenvalue weighted by Crippen LogP contribution is 2.44. The SMILES string of the molecule is Cn1cc(C(F)(F)F)nc1-c1ccc(Cn2ncc3cnc(-c4c(O)ncnc4C4CC4)nc32)cc1. The zero-order valence-corrected chi connectivity index (χ0v) is 19.0. The predicted octanol–water partition coefficient (Wildman–Crippen LogP) is 4.33. The first-order valence-corrected chi connectivity index (χ1v) is 11.2. The van der Waals surface area contributed by atoms with Gasteiger partial charge in [0.15, 0.2) is 17.2 Å². The molecule has 4 heterocycles. The van der Waals surface area contributed by atoms with Crippen molar-refractivity contribution in [2.24, 2.45) is 7.05 Å². The second kappa shape index (κ2) is 8.11. The number of halogens is 3. The molecule has 0 aliphatic heterocycles. The van der Waals surface area contributed by atoms with Crippen molar-refractivity contribution in [2.75, 3.05) is 0 Å². The maximum Gasteiger partial charge on any atom is 0.434 e. The normalized spacial score (nSPS) is 14.0. The molecule has 5 aromatic rings. The molecule has 0 saturated heterocycles. The smallest absolute Gasteiger partial charge is 0.434 e. The van der Waals surface area contributed by atoms with Gasteiger partial charge in [0.1, 0.15) is 17.7 Å². The lowest BCUT2D eigenvalue weighted by molar-refractivity contribution is -0.140. The third-order valence-corrected chi connectivity index (χ3v) is 6.13. The Bertz CT molecular complexity index is 1590. The highest BCUT2D eigenvalue weighted by molar-refractivity contribution is 5.77. The molecule has 0 atom stereocenters. The second-order valence-corrected chi connectivity index (χ2v) is 8.76. The van der Waals surface area contributed by atoms with E-state index in [0.29, 0.717) is 29.1 Å². The van der Waals surface area contributed by atoms with Gasteiger partial charge in [0.2, 0.25) is 5.88 Å². The third kappa shape index (κ3) is 3.93. The first-order valence-electron chi connectivity index (χ1n) is 11.2. The van der Waals surface area contributed by atoms with E-state index < -0.39 is 11.9 Å². The summed E-state index contributed by atoms with van der Waals surface area (Å²) in [5.41, 5.74) is 2.27. The number of fused-ring (bicyclic) bond motifs is 1. The van der Waals surface area contributed by atoms with E-state index >= 15 is 0 Å². The number of rotatable bonds is 5. The van der Waals surface area contributed by atoms with Crippen molar-refractivity contribution >= 4 is 11.0 Å². The molecule has 0 radical (unpaired) electrons. The molecular weight excluding hydrogens is 473 g/mol. The fraction of sp³-hybridized carbons (Fsp3) is 0.250. The van der Waals surface area contributed by atoms with E-state index in [2.05, 4.69) is 30.0 Å². The van der Waals surface area contributed by atoms with Crippen molar-refractivity contribution in [1.82, 2.24) is 39.3 Å². The highest BCUT2D eigenvalue weighted by Gasteiger charge is 2.34. The zero-order valence-electron chi connectivity index (χ0n) is 19.0. The average molecular weight is 492 g/mol. The fourth-order valence-corrected chi connectivity index (χ4v) is 4.18. The molecule has 0 amide bonds. The van der Waals surface area contributed by atoms with Gasteiger partial charge >= 0.3 is 6.18 Å². The Morgan fingerprint density at radius 3 is 2.50 bits per heavy atom. The molecule has 1 N–H and O–H groups in total. The molecule has 182 valence electrons. The number of aryl methyl sites for hydroxylation is 1. The van der Waals surface area contributed by atoms with E-state index in [1.54, 1.807) is 29.2 Å². The van der Waals surface area contributed by atoms with Crippen LogP contribution in [0, 0.1) is 0 Å². The van der Waals surface area contributed by atoms with Gasteiger partial charge in [-0.05, 0) is 18.4 Å². The number of benzene rings is 1. The van der Waals surface area contributed by atoms with Crippen molar-refractivity contribution in [3.05, 3.63) is 66.1 Å². The maximum absolute atomic E-state index is 13.0. The van der Waals surface area contributed by atoms with Gasteiger partial charge in [-0.25, -0.2) is 29.6 Å². The van der Waals surface area contributed by atoms with Crippen LogP contribution in [0.4, 0.5) is 13.2 Å². The van der Waals surface area contributed by atoms with Gasteiger partial charge in [0.25, 0.3) is 0 Å². The molecule has 0 bridgehead atoms. The van der Waals surface area contributed by atoms with Gasteiger partial charge in [-0.3, -0.25) is 0 Å². The summed E-state index contributed by atoms with van der Waals surface area (Å²) in [6, 6.07) is 7.08. The Hall–Kier alpha value is -4.35. The van der Waals surface area contributed by atoms with Crippen LogP contribution in [0.2, 0.25) is 0 Å². The monoisotopic (exact) mass is 492 g/mol. The molecular formula is C24H19F3N8O. The Balaban J connectivity index is 1.30. The number of alkyl halides is 3. The highest BCUT2D eigenvalue weighted by atomic mass is 19.4. The summed E-state index contributed by atoms with van der Waals surface area (Å²) in [4.78, 5) is 21.1. The van der Waals surface area contributed by atoms with Gasteiger partial charge in [-0.15, -0.1) is 0 Å². The molecule has 1 fully saturated rings. The van der Waals surface area contributed by atoms with Crippen LogP contribution in [0.1, 0.15) is 35.7 Å². The summed E-state index contributed by atoms with van der Waals surface area (Å²) < 4.78 is 42.1. The van der Waals surface area contributed by atoms with Crippen LogP contribution < -0.4 is 0 Å². The van der Waals surface area contributed by atoms with Crippen LogP contribution >= 0.6 is 0 Å². The molecule has 6 rings (SSSR count).